The molecule has 0 spiro atoms. The van der Waals surface area contributed by atoms with Crippen LogP contribution in [-0.4, -0.2) is 24.8 Å². The third-order valence-electron chi connectivity index (χ3n) is 0.976. The maximum absolute atomic E-state index is 5.58. The van der Waals surface area contributed by atoms with Crippen LogP contribution < -0.4 is 0 Å². The van der Waals surface area contributed by atoms with Gasteiger partial charge >= 0.3 is 0 Å². The normalized spacial score (nSPS) is 11.0. The minimum absolute atomic E-state index is 0.0394. The second-order valence-electron chi connectivity index (χ2n) is 4.40. The lowest BCUT2D eigenvalue weighted by molar-refractivity contribution is 1.27. The Balaban J connectivity index is -0.0000000968. The molecule has 0 unspecified atom stereocenters. The molecule has 19 heteroatoms. The van der Waals surface area contributed by atoms with Gasteiger partial charge in [-0.2, -0.15) is 0 Å². The summed E-state index contributed by atoms with van der Waals surface area (Å²) in [7, 11) is 0. The van der Waals surface area contributed by atoms with Crippen LogP contribution in [-0.2, 0) is 0 Å². The Morgan fingerprint density at radius 3 is 0.788 bits per heavy atom. The minimum atomic E-state index is -1.61. The van der Waals surface area contributed by atoms with E-state index in [2.05, 4.69) is 0 Å². The van der Waals surface area contributed by atoms with Crippen LogP contribution in [0.3, 0.4) is 0 Å². The van der Waals surface area contributed by atoms with Gasteiger partial charge in [0.1, 0.15) is 0 Å². The van der Waals surface area contributed by atoms with Crippen molar-refractivity contribution in [2.24, 2.45) is 0 Å². The molecule has 0 fully saturated rings. The van der Waals surface area contributed by atoms with Gasteiger partial charge in [-0.15, -0.1) is 11.6 Å². The van der Waals surface area contributed by atoms with Crippen LogP contribution in [0.15, 0.2) is 24.3 Å². The van der Waals surface area contributed by atoms with Crippen molar-refractivity contribution in [3.8, 4) is 0 Å². The number of hydrogen-bond acceptors (Lipinski definition) is 0. The molecule has 0 N–H and O–H groups in total. The molecule has 0 atom stereocenters. The first-order chi connectivity index (χ1) is 14.1. The quantitative estimate of drug-likeness (QED) is 0.228. The van der Waals surface area contributed by atoms with Crippen LogP contribution >= 0.6 is 220 Å². The summed E-state index contributed by atoms with van der Waals surface area (Å²) in [5.41, 5.74) is 0. The van der Waals surface area contributed by atoms with Crippen molar-refractivity contribution >= 4 is 220 Å². The van der Waals surface area contributed by atoms with Crippen molar-refractivity contribution in [1.82, 2.24) is 0 Å². The average molecular weight is 855 g/mol. The summed E-state index contributed by atoms with van der Waals surface area (Å²) in [6.07, 6.45) is 0. The fourth-order valence-electron chi connectivity index (χ4n) is 0.439. The van der Waals surface area contributed by atoms with Gasteiger partial charge < -0.3 is 0 Å². The Morgan fingerprint density at radius 1 is 0.606 bits per heavy atom. The van der Waals surface area contributed by atoms with Crippen molar-refractivity contribution < 1.29 is 0 Å². The molecule has 1 aromatic rings. The van der Waals surface area contributed by atoms with Crippen molar-refractivity contribution in [3.05, 3.63) is 34.3 Å². The zero-order valence-electron chi connectivity index (χ0n) is 15.8. The van der Waals surface area contributed by atoms with E-state index >= 15 is 0 Å². The predicted molar refractivity (Wildman–Crippen MR) is 167 cm³/mol. The van der Waals surface area contributed by atoms with Crippen LogP contribution in [0.25, 0.3) is 0 Å². The molecule has 0 aliphatic heterocycles. The van der Waals surface area contributed by atoms with Crippen LogP contribution in [0.4, 0.5) is 0 Å². The van der Waals surface area contributed by atoms with Gasteiger partial charge in [0.2, 0.25) is 3.79 Å². The van der Waals surface area contributed by atoms with E-state index in [1.54, 1.807) is 12.1 Å². The Labute approximate surface area is 289 Å². The molecule has 0 heterocycles. The first kappa shape index (κ1) is 47.5. The third kappa shape index (κ3) is 126. The lowest BCUT2D eigenvalue weighted by Crippen LogP contribution is -2.01. The fourth-order valence-corrected chi connectivity index (χ4v) is 0.711. The molecule has 0 amide bonds. The summed E-state index contributed by atoms with van der Waals surface area (Å²) < 4.78 is -5.80. The van der Waals surface area contributed by atoms with E-state index in [0.717, 1.165) is 0 Å². The fraction of sp³-hybridized carbons (Fsp3) is 0.571. The molecule has 0 aliphatic carbocycles. The maximum atomic E-state index is 5.58. The first-order valence-electron chi connectivity index (χ1n) is 6.94. The minimum Gasteiger partial charge on any atom is -0.122 e. The SMILES string of the molecule is CC(Cl)(Cl)Cl.CC(Cl)(Cl)Cl.ClC(Cl)(Cl)Cl.ClC(Cl)Cl.ClCC(Cl)(Cl)Cl.Clc1ccccc1Cl. The summed E-state index contributed by atoms with van der Waals surface area (Å²) in [6.45, 7) is 2.97. The highest BCUT2D eigenvalue weighted by Gasteiger charge is 2.16. The lowest BCUT2D eigenvalue weighted by Gasteiger charge is -2.00. The van der Waals surface area contributed by atoms with E-state index in [9.17, 15) is 0 Å². The van der Waals surface area contributed by atoms with E-state index in [1.165, 1.54) is 13.8 Å². The summed E-state index contributed by atoms with van der Waals surface area (Å²) >= 11 is 95.7. The molecule has 1 rings (SSSR count). The highest BCUT2D eigenvalue weighted by Crippen LogP contribution is 2.30. The number of alkyl halides is 17. The van der Waals surface area contributed by atoms with Gasteiger partial charge in [0, 0.05) is 0 Å². The van der Waals surface area contributed by atoms with Crippen LogP contribution in [0, 0.1) is 0 Å². The molecule has 202 valence electrons. The second kappa shape index (κ2) is 25.7. The highest BCUT2D eigenvalue weighted by molar-refractivity contribution is 6.83. The molecule has 0 aliphatic rings. The number of benzene rings is 1. The lowest BCUT2D eigenvalue weighted by atomic mass is 10.4. The zero-order chi connectivity index (χ0) is 28.3. The zero-order valence-corrected chi connectivity index (χ0v) is 30.1. The number of rotatable bonds is 0. The van der Waals surface area contributed by atoms with Gasteiger partial charge in [0.25, 0.3) is 3.25 Å². The maximum Gasteiger partial charge on any atom is 0.266 e. The van der Waals surface area contributed by atoms with E-state index in [-0.39, 0.29) is 5.88 Å². The summed E-state index contributed by atoms with van der Waals surface area (Å²) in [6, 6.07) is 7.19. The standard InChI is InChI=1S/C6H4Cl2.C2H2Cl4.2C2H3Cl3.CCl4.CHCl3/c7-5-3-1-2-4-6(5)8;3-1-2(4,5)6;2*1-2(3,4)5;2-1(3,4)5;2-1(3)4/h1-4H;1H2;2*1H3;;1H. The van der Waals surface area contributed by atoms with Gasteiger partial charge in [-0.3, -0.25) is 0 Å². The van der Waals surface area contributed by atoms with Gasteiger partial charge in [0.15, 0.2) is 11.9 Å². The Morgan fingerprint density at radius 2 is 0.727 bits per heavy atom. The molecule has 0 nitrogen and oxygen atoms in total. The summed E-state index contributed by atoms with van der Waals surface area (Å²) in [5, 5.41) is 1.21. The molecule has 1 aromatic carbocycles. The summed E-state index contributed by atoms with van der Waals surface area (Å²) in [4.78, 5) is 0. The summed E-state index contributed by atoms with van der Waals surface area (Å²) in [5.74, 6) is 0.0394. The Bertz CT molecular complexity index is 467. The third-order valence-corrected chi connectivity index (χ3v) is 2.94. The van der Waals surface area contributed by atoms with E-state index in [4.69, 9.17) is 220 Å². The monoisotopic (exact) mass is 846 g/mol. The first-order valence-corrected chi connectivity index (χ1v) is 14.5. The smallest absolute Gasteiger partial charge is 0.122 e. The molecule has 33 heavy (non-hydrogen) atoms. The van der Waals surface area contributed by atoms with E-state index < -0.39 is 18.9 Å². The molecule has 0 aromatic heterocycles. The highest BCUT2D eigenvalue weighted by atomic mass is 35.6. The van der Waals surface area contributed by atoms with Gasteiger partial charge in [-0.05, 0) is 26.0 Å². The molecular formula is C14H13Cl19. The van der Waals surface area contributed by atoms with Crippen molar-refractivity contribution in [1.29, 1.82) is 0 Å². The van der Waals surface area contributed by atoms with Crippen molar-refractivity contribution in [2.45, 2.75) is 32.8 Å². The van der Waals surface area contributed by atoms with E-state index in [1.807, 2.05) is 12.1 Å². The van der Waals surface area contributed by atoms with Crippen LogP contribution in [0.2, 0.25) is 10.0 Å². The molecule has 0 bridgehead atoms. The Kier molecular flexibility index (Phi) is 37.0. The average Bonchev–Trinajstić information content (AvgIpc) is 2.44. The van der Waals surface area contributed by atoms with Gasteiger partial charge in [-0.1, -0.05) is 221 Å². The molecule has 0 saturated carbocycles. The molecule has 0 saturated heterocycles. The largest absolute Gasteiger partial charge is 0.266 e. The van der Waals surface area contributed by atoms with Gasteiger partial charge in [-0.25, -0.2) is 0 Å². The predicted octanol–water partition coefficient (Wildman–Crippen LogP) is 14.9. The second-order valence-corrected chi connectivity index (χ2v) is 19.1. The topological polar surface area (TPSA) is 0 Å². The number of hydrogen-bond donors (Lipinski definition) is 0. The van der Waals surface area contributed by atoms with Crippen molar-refractivity contribution in [3.63, 3.8) is 0 Å². The number of halogens is 19. The van der Waals surface area contributed by atoms with Crippen LogP contribution in [0.1, 0.15) is 13.8 Å². The van der Waals surface area contributed by atoms with E-state index in [0.29, 0.717) is 10.0 Å². The Hall–Kier alpha value is 4.73. The molecular weight excluding hydrogens is 842 g/mol. The van der Waals surface area contributed by atoms with Crippen molar-refractivity contribution in [2.75, 3.05) is 5.88 Å². The van der Waals surface area contributed by atoms with Crippen LogP contribution in [0.5, 0.6) is 0 Å². The molecule has 0 radical (unpaired) electrons. The van der Waals surface area contributed by atoms with Gasteiger partial charge in [0.05, 0.1) is 15.9 Å².